The summed E-state index contributed by atoms with van der Waals surface area (Å²) in [4.78, 5) is 33.7. The van der Waals surface area contributed by atoms with Crippen LogP contribution in [0.5, 0.6) is 0 Å². The number of fused-ring (bicyclic) bond motifs is 20. The van der Waals surface area contributed by atoms with Crippen LogP contribution in [0.25, 0.3) is 235 Å². The zero-order valence-corrected chi connectivity index (χ0v) is 82.2. The molecule has 0 radical (unpaired) electrons. The first-order valence-electron chi connectivity index (χ1n) is 47.2. The van der Waals surface area contributed by atoms with Crippen molar-refractivity contribution in [2.45, 2.75) is 89.0 Å². The highest BCUT2D eigenvalue weighted by Gasteiger charge is 2.33. The maximum Gasteiger partial charge on any atom is 0.287 e. The normalized spacial score (nSPS) is 11.4. The molecular weight excluding hydrogens is 1770 g/mol. The summed E-state index contributed by atoms with van der Waals surface area (Å²) in [6.45, 7) is 47.7. The molecule has 0 aliphatic heterocycles. The Bertz CT molecular complexity index is 9910. The lowest BCUT2D eigenvalue weighted by atomic mass is 9.90. The molecule has 0 N–H and O–H groups in total. The second-order valence-electron chi connectivity index (χ2n) is 37.3. The average Bonchev–Trinajstić information content (AvgIpc) is 1.59. The van der Waals surface area contributed by atoms with Crippen LogP contribution in [0, 0.1) is 112 Å². The number of nitrogens with zero attached hydrogens (tertiary/aromatic N) is 15. The summed E-state index contributed by atoms with van der Waals surface area (Å²) in [6.07, 6.45) is 9.26. The summed E-state index contributed by atoms with van der Waals surface area (Å²) in [6, 6.07) is 83.1. The fraction of sp³-hybridized carbons (Fsp3) is 0.146. The molecule has 10 aromatic heterocycles. The van der Waals surface area contributed by atoms with Crippen molar-refractivity contribution in [1.29, 1.82) is 10.5 Å². The molecule has 20 nitrogen and oxygen atoms in total. The zero-order chi connectivity index (χ0) is 99.5. The summed E-state index contributed by atoms with van der Waals surface area (Å²) in [7, 11) is 10.1. The van der Waals surface area contributed by atoms with Gasteiger partial charge in [-0.2, -0.15) is 10.5 Å². The fourth-order valence-corrected chi connectivity index (χ4v) is 20.6. The molecule has 0 amide bonds. The summed E-state index contributed by atoms with van der Waals surface area (Å²) in [5.41, 5.74) is 39.1. The molecule has 0 aliphatic rings. The Morgan fingerprint density at radius 2 is 0.650 bits per heavy atom. The van der Waals surface area contributed by atoms with Crippen molar-refractivity contribution in [3.63, 3.8) is 0 Å². The minimum absolute atomic E-state index is 0.443. The van der Waals surface area contributed by atoms with Crippen LogP contribution in [0.1, 0.15) is 92.1 Å². The number of hydrogen-bond acceptors (Lipinski definition) is 12. The van der Waals surface area contributed by atoms with E-state index in [0.717, 1.165) is 232 Å². The zero-order valence-electron chi connectivity index (χ0n) is 82.2. The van der Waals surface area contributed by atoms with Crippen molar-refractivity contribution in [1.82, 2.24) is 24.9 Å². The number of nitriles is 2. The Labute approximate surface area is 823 Å². The number of hydrogen-bond donors (Lipinski definition) is 0. The summed E-state index contributed by atoms with van der Waals surface area (Å²) in [5.74, 6) is 0.443. The van der Waals surface area contributed by atoms with Crippen molar-refractivity contribution in [2.75, 3.05) is 0 Å². The third-order valence-electron chi connectivity index (χ3n) is 28.5. The lowest BCUT2D eigenvalue weighted by molar-refractivity contribution is -0.662. The van der Waals surface area contributed by atoms with Gasteiger partial charge in [0.1, 0.15) is 90.4 Å². The molecule has 0 saturated carbocycles. The molecule has 0 aliphatic carbocycles. The lowest BCUT2D eigenvalue weighted by Crippen LogP contribution is -2.32. The predicted molar refractivity (Wildman–Crippen MR) is 568 cm³/mol. The Hall–Kier alpha value is -18.6. The van der Waals surface area contributed by atoms with Gasteiger partial charge >= 0.3 is 0 Å². The van der Waals surface area contributed by atoms with Gasteiger partial charge < -0.3 is 22.1 Å². The molecule has 25 aromatic rings. The number of aryl methyl sites for hydroxylation is 9. The van der Waals surface area contributed by atoms with E-state index in [1.807, 2.05) is 247 Å². The van der Waals surface area contributed by atoms with Crippen LogP contribution >= 0.6 is 0 Å². The van der Waals surface area contributed by atoms with Crippen molar-refractivity contribution in [3.8, 4) is 68.4 Å². The minimum Gasteiger partial charge on any atom is -0.466 e. The number of aromatic nitrogens is 10. The SMILES string of the molecule is Cc1c(C)c(C#N)c2c(oc3ccccc32)c1-c1c2ccccc2nc[n+]1C.Cc1cc2c(oc3cccc(C#N)c32)c(-c2c3ccccc3nc[n+]2C)c1C.[C-]#[N+]c1ccc2c(c1)oc1c(-c3c4ccccc4nc[n+]3C)c(C)c(C)cc12.[C-]#[N+]c1ccc2oc3c(-c4c5ccccc5nc[n+]4C)c(C)c(C)cc3c2c1.[C-]#[N+]c1cccc2c1oc1c(-c3c4ccc(C(C)C)cc4nc[n+]3C)c(C)c(C)cc12. The van der Waals surface area contributed by atoms with E-state index in [0.29, 0.717) is 39.7 Å². The van der Waals surface area contributed by atoms with Crippen LogP contribution in [0.2, 0.25) is 0 Å². The molecule has 0 unspecified atom stereocenters. The Kier molecular flexibility index (Phi) is 22.9. The summed E-state index contributed by atoms with van der Waals surface area (Å²) < 4.78 is 42.0. The Morgan fingerprint density at radius 3 is 1.13 bits per heavy atom. The van der Waals surface area contributed by atoms with Gasteiger partial charge in [-0.05, 0) is 283 Å². The molecule has 10 heterocycles. The Balaban J connectivity index is 0.000000106. The smallest absolute Gasteiger partial charge is 0.287 e. The molecule has 688 valence electrons. The van der Waals surface area contributed by atoms with Gasteiger partial charge in [-0.3, -0.25) is 0 Å². The largest absolute Gasteiger partial charge is 0.466 e. The average molecular weight is 1860 g/mol. The first-order valence-corrected chi connectivity index (χ1v) is 47.2. The minimum atomic E-state index is 0.443. The summed E-state index contributed by atoms with van der Waals surface area (Å²) in [5, 5.41) is 34.8. The van der Waals surface area contributed by atoms with Gasteiger partial charge in [-0.15, -0.1) is 0 Å². The van der Waals surface area contributed by atoms with E-state index in [2.05, 4.69) is 203 Å². The third kappa shape index (κ3) is 15.2. The van der Waals surface area contributed by atoms with Crippen LogP contribution in [0.3, 0.4) is 0 Å². The van der Waals surface area contributed by atoms with Crippen LogP contribution < -0.4 is 22.8 Å². The monoisotopic (exact) mass is 1860 g/mol. The highest BCUT2D eigenvalue weighted by Crippen LogP contribution is 2.49. The topological polar surface area (TPSA) is 210 Å². The van der Waals surface area contributed by atoms with Crippen LogP contribution in [0.15, 0.2) is 290 Å². The second-order valence-corrected chi connectivity index (χ2v) is 37.3. The summed E-state index contributed by atoms with van der Waals surface area (Å²) >= 11 is 0. The molecule has 0 saturated heterocycles. The molecule has 143 heavy (non-hydrogen) atoms. The van der Waals surface area contributed by atoms with Gasteiger partial charge in [0.2, 0.25) is 5.69 Å². The van der Waals surface area contributed by atoms with Crippen LogP contribution in [-0.4, -0.2) is 24.9 Å². The maximum absolute atomic E-state index is 9.90. The Morgan fingerprint density at radius 1 is 0.280 bits per heavy atom. The molecular formula is C123H96N15O5+5. The van der Waals surface area contributed by atoms with Crippen LogP contribution in [-0.2, 0) is 35.2 Å². The number of para-hydroxylation sites is 6. The van der Waals surface area contributed by atoms with Gasteiger partial charge in [-0.25, -0.2) is 37.4 Å². The van der Waals surface area contributed by atoms with Gasteiger partial charge in [0.15, 0.2) is 39.0 Å². The maximum atomic E-state index is 9.90. The third-order valence-corrected chi connectivity index (χ3v) is 28.5. The molecule has 0 fully saturated rings. The quantitative estimate of drug-likeness (QED) is 0.112. The second kappa shape index (κ2) is 36.1. The van der Waals surface area contributed by atoms with Gasteiger partial charge in [0.05, 0.1) is 127 Å². The first kappa shape index (κ1) is 90.9. The molecule has 15 aromatic carbocycles. The van der Waals surface area contributed by atoms with E-state index in [-0.39, 0.29) is 0 Å². The van der Waals surface area contributed by atoms with Gasteiger partial charge in [0.25, 0.3) is 31.6 Å². The van der Waals surface area contributed by atoms with E-state index in [4.69, 9.17) is 46.8 Å². The highest BCUT2D eigenvalue weighted by atomic mass is 16.3. The van der Waals surface area contributed by atoms with E-state index in [9.17, 15) is 10.5 Å². The number of rotatable bonds is 6. The van der Waals surface area contributed by atoms with Crippen molar-refractivity contribution < 1.29 is 44.9 Å². The van der Waals surface area contributed by atoms with Gasteiger partial charge in [0, 0.05) is 53.9 Å². The number of benzene rings is 15. The molecule has 0 atom stereocenters. The first-order chi connectivity index (χ1) is 69.3. The van der Waals surface area contributed by atoms with Crippen molar-refractivity contribution in [3.05, 3.63) is 375 Å². The highest BCUT2D eigenvalue weighted by molar-refractivity contribution is 6.19. The van der Waals surface area contributed by atoms with Gasteiger partial charge in [-0.1, -0.05) is 129 Å². The predicted octanol–water partition coefficient (Wildman–Crippen LogP) is 28.7. The van der Waals surface area contributed by atoms with E-state index >= 15 is 0 Å². The molecule has 25 rings (SSSR count). The number of furan rings is 5. The fourth-order valence-electron chi connectivity index (χ4n) is 20.6. The van der Waals surface area contributed by atoms with E-state index in [1.165, 1.54) is 44.5 Å². The molecule has 0 bridgehead atoms. The van der Waals surface area contributed by atoms with Crippen molar-refractivity contribution >= 4 is 181 Å². The molecule has 20 heteroatoms. The van der Waals surface area contributed by atoms with Crippen LogP contribution in [0.4, 0.5) is 17.1 Å². The lowest BCUT2D eigenvalue weighted by Gasteiger charge is -2.13. The standard InChI is InChI=1S/C27H24N3O.4C24H18N3O/c1-15(2)18-10-11-20-23(13-18)29-14-30(6)25(20)24-17(4)16(3)12-21-19-8-7-9-22(28-5)26(19)31-27(21)24;1-14-11-19-17-10-9-16(25-3)12-21(17)28-24(19)22(15(14)2)23-18-7-5-6-8-20(18)26-13-27(23)4;1-14-11-19-18-12-16(25-3)9-10-21(18)28-24(19)22(15(14)2)23-17-7-5-6-8-20(17)26-13-27(23)4;1-14-15(2)21(23-16-8-4-6-10-19(16)26-13-27(23)3)24-22(18(14)12-25)17-9-5-7-11-20(17)28-24;1-14-11-18-22-16(12-25)7-6-10-20(22)28-24(18)21(15(14)2)23-17-8-4-5-9-19(17)26-13-27(23)3/h7-15H,1-4,6H3;2*5-13H,1-2,4H3;2*4-11,13H,1-3H3/q5*+1. The molecule has 0 spiro atoms. The van der Waals surface area contributed by atoms with E-state index < -0.39 is 0 Å². The van der Waals surface area contributed by atoms with E-state index in [1.54, 1.807) is 6.07 Å². The van der Waals surface area contributed by atoms with Crippen molar-refractivity contribution in [2.24, 2.45) is 35.2 Å².